The summed E-state index contributed by atoms with van der Waals surface area (Å²) >= 11 is 0.472. The Morgan fingerprint density at radius 3 is 2.38 bits per heavy atom. The average molecular weight is 226 g/mol. The third-order valence-corrected chi connectivity index (χ3v) is 6.10. The predicted molar refractivity (Wildman–Crippen MR) is 38.4 cm³/mol. The Morgan fingerprint density at radius 2 is 2.12 bits per heavy atom. The van der Waals surface area contributed by atoms with Crippen molar-refractivity contribution in [2.75, 3.05) is 0 Å². The van der Waals surface area contributed by atoms with Crippen molar-refractivity contribution in [3.05, 3.63) is 0 Å². The van der Waals surface area contributed by atoms with Gasteiger partial charge in [-0.05, 0) is 0 Å². The molecule has 0 aromatic carbocycles. The molecule has 1 aliphatic heterocycles. The third-order valence-electron chi connectivity index (χ3n) is 1.64. The number of rotatable bonds is 0. The summed E-state index contributed by atoms with van der Waals surface area (Å²) < 4.78 is 3.19. The Kier molecular flexibility index (Phi) is 2.23. The molecule has 1 fully saturated rings. The maximum absolute atomic E-state index is 2.41. The van der Waals surface area contributed by atoms with E-state index in [0.717, 1.165) is 5.41 Å². The minimum absolute atomic E-state index is 0.472. The Morgan fingerprint density at radius 1 is 1.38 bits per heavy atom. The standard InChI is InChI=1S/C7H14Te/c1-7(2)4-3-5-8-6-7/h3-6H2,1-2H3. The van der Waals surface area contributed by atoms with Gasteiger partial charge in [0, 0.05) is 0 Å². The second-order valence-corrected chi connectivity index (χ2v) is 6.47. The van der Waals surface area contributed by atoms with Gasteiger partial charge in [-0.25, -0.2) is 0 Å². The molecule has 1 heteroatoms. The van der Waals surface area contributed by atoms with Crippen LogP contribution < -0.4 is 0 Å². The van der Waals surface area contributed by atoms with Crippen molar-refractivity contribution in [3.8, 4) is 0 Å². The summed E-state index contributed by atoms with van der Waals surface area (Å²) in [5.74, 6) is 0. The van der Waals surface area contributed by atoms with E-state index in [1.807, 2.05) is 0 Å². The average Bonchev–Trinajstić information content (AvgIpc) is 1.65. The van der Waals surface area contributed by atoms with Crippen LogP contribution >= 0.6 is 0 Å². The van der Waals surface area contributed by atoms with Crippen molar-refractivity contribution in [3.63, 3.8) is 0 Å². The second kappa shape index (κ2) is 2.58. The molecule has 0 amide bonds. The van der Waals surface area contributed by atoms with Gasteiger partial charge in [0.2, 0.25) is 0 Å². The van der Waals surface area contributed by atoms with Gasteiger partial charge in [0.15, 0.2) is 0 Å². The summed E-state index contributed by atoms with van der Waals surface area (Å²) in [6, 6.07) is 0. The van der Waals surface area contributed by atoms with Crippen LogP contribution in [0.3, 0.4) is 0 Å². The summed E-state index contributed by atoms with van der Waals surface area (Å²) in [4.78, 5) is 0. The van der Waals surface area contributed by atoms with Crippen LogP contribution in [0, 0.1) is 5.41 Å². The summed E-state index contributed by atoms with van der Waals surface area (Å²) in [7, 11) is 0. The maximum atomic E-state index is 2.41. The Balaban J connectivity index is 2.33. The van der Waals surface area contributed by atoms with Crippen LogP contribution in [0.5, 0.6) is 0 Å². The fraction of sp³-hybridized carbons (Fsp3) is 1.00. The monoisotopic (exact) mass is 228 g/mol. The van der Waals surface area contributed by atoms with Crippen LogP contribution in [-0.4, -0.2) is 20.9 Å². The summed E-state index contributed by atoms with van der Waals surface area (Å²) in [6.07, 6.45) is 3.01. The molecule has 0 aromatic heterocycles. The first kappa shape index (κ1) is 6.90. The Labute approximate surface area is 62.1 Å². The van der Waals surface area contributed by atoms with Crippen molar-refractivity contribution in [1.82, 2.24) is 0 Å². The SMILES string of the molecule is CC1(C)CCC[Te]C1. The molecule has 0 nitrogen and oxygen atoms in total. The van der Waals surface area contributed by atoms with E-state index in [-0.39, 0.29) is 0 Å². The van der Waals surface area contributed by atoms with Gasteiger partial charge in [0.25, 0.3) is 0 Å². The van der Waals surface area contributed by atoms with Gasteiger partial charge in [-0.15, -0.1) is 0 Å². The fourth-order valence-electron chi connectivity index (χ4n) is 1.07. The molecule has 1 heterocycles. The normalized spacial score (nSPS) is 27.8. The Hall–Kier alpha value is 0.790. The molecule has 0 saturated carbocycles. The van der Waals surface area contributed by atoms with Gasteiger partial charge in [0.1, 0.15) is 0 Å². The van der Waals surface area contributed by atoms with E-state index in [2.05, 4.69) is 13.8 Å². The molecule has 0 unspecified atom stereocenters. The first-order valence-corrected chi connectivity index (χ1v) is 6.58. The predicted octanol–water partition coefficient (Wildman–Crippen LogP) is 2.35. The zero-order valence-corrected chi connectivity index (χ0v) is 8.07. The molecular formula is C7H14Te. The van der Waals surface area contributed by atoms with Crippen LogP contribution in [0.1, 0.15) is 26.7 Å². The molecule has 48 valence electrons. The zero-order valence-electron chi connectivity index (χ0n) is 5.74. The second-order valence-electron chi connectivity index (χ2n) is 3.32. The number of hydrogen-bond acceptors (Lipinski definition) is 0. The van der Waals surface area contributed by atoms with E-state index < -0.39 is 0 Å². The molecule has 1 saturated heterocycles. The van der Waals surface area contributed by atoms with Crippen LogP contribution in [0.2, 0.25) is 8.94 Å². The van der Waals surface area contributed by atoms with E-state index in [0.29, 0.717) is 20.9 Å². The van der Waals surface area contributed by atoms with Gasteiger partial charge >= 0.3 is 62.0 Å². The van der Waals surface area contributed by atoms with Crippen molar-refractivity contribution in [2.24, 2.45) is 5.41 Å². The molecule has 0 spiro atoms. The van der Waals surface area contributed by atoms with Gasteiger partial charge in [0.05, 0.1) is 0 Å². The van der Waals surface area contributed by atoms with Gasteiger partial charge in [-0.2, -0.15) is 0 Å². The van der Waals surface area contributed by atoms with Gasteiger partial charge in [-0.1, -0.05) is 0 Å². The first-order chi connectivity index (χ1) is 3.71. The van der Waals surface area contributed by atoms with E-state index in [4.69, 9.17) is 0 Å². The van der Waals surface area contributed by atoms with Gasteiger partial charge in [-0.3, -0.25) is 0 Å². The van der Waals surface area contributed by atoms with Crippen LogP contribution in [-0.2, 0) is 0 Å². The van der Waals surface area contributed by atoms with Crippen LogP contribution in [0.4, 0.5) is 0 Å². The summed E-state index contributed by atoms with van der Waals surface area (Å²) in [6.45, 7) is 4.83. The molecule has 0 atom stereocenters. The summed E-state index contributed by atoms with van der Waals surface area (Å²) in [5.41, 5.74) is 0.737. The van der Waals surface area contributed by atoms with E-state index >= 15 is 0 Å². The van der Waals surface area contributed by atoms with Crippen molar-refractivity contribution >= 4 is 20.9 Å². The molecule has 1 aliphatic rings. The molecule has 0 aliphatic carbocycles. The topological polar surface area (TPSA) is 0 Å². The first-order valence-electron chi connectivity index (χ1n) is 3.28. The fourth-order valence-corrected chi connectivity index (χ4v) is 4.47. The molecule has 0 radical (unpaired) electrons. The summed E-state index contributed by atoms with van der Waals surface area (Å²) in [5, 5.41) is 0. The van der Waals surface area contributed by atoms with E-state index in [9.17, 15) is 0 Å². The quantitative estimate of drug-likeness (QED) is 0.556. The molecular weight excluding hydrogens is 212 g/mol. The van der Waals surface area contributed by atoms with Crippen LogP contribution in [0.25, 0.3) is 0 Å². The molecule has 1 rings (SSSR count). The van der Waals surface area contributed by atoms with E-state index in [1.54, 1.807) is 8.94 Å². The molecule has 0 N–H and O–H groups in total. The van der Waals surface area contributed by atoms with Gasteiger partial charge < -0.3 is 0 Å². The molecule has 0 bridgehead atoms. The Bertz CT molecular complexity index is 68.5. The number of hydrogen-bond donors (Lipinski definition) is 0. The van der Waals surface area contributed by atoms with Crippen molar-refractivity contribution < 1.29 is 0 Å². The van der Waals surface area contributed by atoms with Crippen LogP contribution in [0.15, 0.2) is 0 Å². The van der Waals surface area contributed by atoms with Crippen molar-refractivity contribution in [2.45, 2.75) is 35.6 Å². The van der Waals surface area contributed by atoms with Crippen molar-refractivity contribution in [1.29, 1.82) is 0 Å². The minimum atomic E-state index is 0.472. The molecule has 8 heavy (non-hydrogen) atoms. The van der Waals surface area contributed by atoms with E-state index in [1.165, 1.54) is 12.8 Å². The molecule has 0 aromatic rings. The third kappa shape index (κ3) is 1.95. The zero-order chi connectivity index (χ0) is 6.04.